The number of carboxylic acid groups (broad SMARTS) is 1. The Balaban J connectivity index is 2.29. The van der Waals surface area contributed by atoms with Gasteiger partial charge in [-0.3, -0.25) is 9.59 Å². The highest BCUT2D eigenvalue weighted by atomic mass is 35.5. The summed E-state index contributed by atoms with van der Waals surface area (Å²) < 4.78 is 5.62. The minimum atomic E-state index is -1.14. The molecule has 0 radical (unpaired) electrons. The quantitative estimate of drug-likeness (QED) is 0.356. The number of nitrogens with one attached hydrogen (secondary N) is 1. The Labute approximate surface area is 142 Å². The monoisotopic (exact) mass is 357 g/mol. The van der Waals surface area contributed by atoms with E-state index in [1.165, 1.54) is 18.2 Å². The second kappa shape index (κ2) is 5.09. The molecule has 25 heavy (non-hydrogen) atoms. The lowest BCUT2D eigenvalue weighted by Crippen LogP contribution is -2.10. The van der Waals surface area contributed by atoms with E-state index in [0.717, 1.165) is 12.1 Å². The Bertz CT molecular complexity index is 1330. The van der Waals surface area contributed by atoms with E-state index in [0.29, 0.717) is 5.52 Å². The van der Waals surface area contributed by atoms with Gasteiger partial charge in [-0.05, 0) is 30.3 Å². The number of hydrogen-bond acceptors (Lipinski definition) is 5. The number of carboxylic acids is 1. The average Bonchev–Trinajstić information content (AvgIpc) is 2.59. The van der Waals surface area contributed by atoms with Crippen molar-refractivity contribution in [1.29, 1.82) is 0 Å². The zero-order valence-corrected chi connectivity index (χ0v) is 13.0. The van der Waals surface area contributed by atoms with Crippen LogP contribution in [-0.4, -0.2) is 21.2 Å². The highest BCUT2D eigenvalue weighted by molar-refractivity contribution is 6.38. The van der Waals surface area contributed by atoms with Crippen LogP contribution in [-0.2, 0) is 0 Å². The van der Waals surface area contributed by atoms with E-state index in [1.54, 1.807) is 0 Å². The molecule has 0 saturated carbocycles. The van der Waals surface area contributed by atoms with Gasteiger partial charge < -0.3 is 19.6 Å². The van der Waals surface area contributed by atoms with Crippen LogP contribution in [0.4, 0.5) is 0 Å². The number of aromatic nitrogens is 1. The van der Waals surface area contributed by atoms with Gasteiger partial charge in [-0.2, -0.15) is 0 Å². The first-order valence-electron chi connectivity index (χ1n) is 7.06. The van der Waals surface area contributed by atoms with Gasteiger partial charge in [-0.1, -0.05) is 11.6 Å². The van der Waals surface area contributed by atoms with Gasteiger partial charge in [0.2, 0.25) is 0 Å². The van der Waals surface area contributed by atoms with Gasteiger partial charge in [0.1, 0.15) is 10.8 Å². The molecule has 0 amide bonds. The molecule has 0 aliphatic heterocycles. The van der Waals surface area contributed by atoms with Crippen LogP contribution in [0.1, 0.15) is 10.4 Å². The Kier molecular flexibility index (Phi) is 3.10. The van der Waals surface area contributed by atoms with Crippen molar-refractivity contribution >= 4 is 50.5 Å². The first kappa shape index (κ1) is 15.2. The average molecular weight is 358 g/mol. The van der Waals surface area contributed by atoms with Gasteiger partial charge in [0.15, 0.2) is 22.0 Å². The molecule has 8 heteroatoms. The number of phenols is 1. The molecule has 0 spiro atoms. The molecule has 124 valence electrons. The Morgan fingerprint density at radius 2 is 1.76 bits per heavy atom. The first-order valence-corrected chi connectivity index (χ1v) is 7.43. The van der Waals surface area contributed by atoms with Crippen molar-refractivity contribution in [2.75, 3.05) is 0 Å². The molecule has 7 nitrogen and oxygen atoms in total. The minimum Gasteiger partial charge on any atom is -0.505 e. The third-order valence-corrected chi connectivity index (χ3v) is 4.30. The molecule has 0 atom stereocenters. The highest BCUT2D eigenvalue weighted by Gasteiger charge is 2.20. The minimum absolute atomic E-state index is 0.00325. The van der Waals surface area contributed by atoms with Crippen LogP contribution >= 0.6 is 11.6 Å². The Morgan fingerprint density at radius 3 is 2.44 bits per heavy atom. The van der Waals surface area contributed by atoms with E-state index in [1.807, 2.05) is 0 Å². The molecule has 0 aliphatic rings. The predicted molar refractivity (Wildman–Crippen MR) is 91.8 cm³/mol. The van der Waals surface area contributed by atoms with E-state index < -0.39 is 22.6 Å². The molecule has 0 aliphatic carbocycles. The highest BCUT2D eigenvalue weighted by Crippen LogP contribution is 2.38. The number of hydrogen-bond donors (Lipinski definition) is 3. The van der Waals surface area contributed by atoms with Gasteiger partial charge >= 0.3 is 5.97 Å². The van der Waals surface area contributed by atoms with Crippen molar-refractivity contribution in [3.05, 3.63) is 61.4 Å². The van der Waals surface area contributed by atoms with Crippen LogP contribution in [0.15, 0.2) is 44.3 Å². The summed E-state index contributed by atoms with van der Waals surface area (Å²) >= 11 is 6.11. The molecule has 4 rings (SSSR count). The maximum absolute atomic E-state index is 12.3. The lowest BCUT2D eigenvalue weighted by molar-refractivity contribution is 0.0697. The third-order valence-electron chi connectivity index (χ3n) is 3.95. The SMILES string of the molecule is O=C(O)c1ccc2[nH]c3c(oc2c1)c(Cl)c(O)c1c(=O)ccc(=O)c13. The number of aromatic hydroxyl groups is 1. The van der Waals surface area contributed by atoms with Gasteiger partial charge in [-0.15, -0.1) is 0 Å². The fourth-order valence-corrected chi connectivity index (χ4v) is 3.02. The van der Waals surface area contributed by atoms with Gasteiger partial charge in [-0.25, -0.2) is 4.79 Å². The lowest BCUT2D eigenvalue weighted by atomic mass is 10.1. The standard InChI is InChI=1S/C17H8ClNO6/c18-13-15(22)12-9(21)4-3-8(20)11(12)14-16(13)25-10-5-6(17(23)24)1-2-7(10)19-14/h1-5,19,22H,(H,23,24). The molecule has 3 aromatic carbocycles. The van der Waals surface area contributed by atoms with Crippen LogP contribution in [0.5, 0.6) is 5.75 Å². The van der Waals surface area contributed by atoms with E-state index in [4.69, 9.17) is 21.1 Å². The van der Waals surface area contributed by atoms with Crippen molar-refractivity contribution in [2.45, 2.75) is 0 Å². The lowest BCUT2D eigenvalue weighted by Gasteiger charge is -2.09. The number of aromatic amines is 1. The van der Waals surface area contributed by atoms with Crippen LogP contribution in [0.25, 0.3) is 33.0 Å². The van der Waals surface area contributed by atoms with Crippen molar-refractivity contribution < 1.29 is 19.4 Å². The topological polar surface area (TPSA) is 121 Å². The molecule has 0 bridgehead atoms. The molecule has 4 aromatic rings. The number of fused-ring (bicyclic) bond motifs is 4. The summed E-state index contributed by atoms with van der Waals surface area (Å²) in [6.45, 7) is 0. The second-order valence-corrected chi connectivity index (χ2v) is 5.80. The number of carbonyl (C=O) groups is 1. The van der Waals surface area contributed by atoms with Crippen molar-refractivity contribution in [3.63, 3.8) is 0 Å². The molecule has 0 saturated heterocycles. The van der Waals surface area contributed by atoms with Crippen LogP contribution < -0.4 is 10.9 Å². The molecular weight excluding hydrogens is 350 g/mol. The number of H-pyrrole nitrogens is 1. The summed E-state index contributed by atoms with van der Waals surface area (Å²) in [6.07, 6.45) is 0. The maximum Gasteiger partial charge on any atom is 0.335 e. The smallest absolute Gasteiger partial charge is 0.335 e. The summed E-state index contributed by atoms with van der Waals surface area (Å²) in [5, 5.41) is 18.8. The third kappa shape index (κ3) is 2.10. The molecule has 1 aromatic heterocycles. The number of benzene rings is 3. The number of aromatic carboxylic acids is 1. The Morgan fingerprint density at radius 1 is 1.08 bits per heavy atom. The van der Waals surface area contributed by atoms with Crippen molar-refractivity contribution in [2.24, 2.45) is 0 Å². The predicted octanol–water partition coefficient (Wildman–Crippen LogP) is 2.84. The molecule has 3 N–H and O–H groups in total. The second-order valence-electron chi connectivity index (χ2n) is 5.42. The normalized spacial score (nSPS) is 11.4. The van der Waals surface area contributed by atoms with Gasteiger partial charge in [0, 0.05) is 0 Å². The maximum atomic E-state index is 12.3. The van der Waals surface area contributed by atoms with Gasteiger partial charge in [0.25, 0.3) is 0 Å². The van der Waals surface area contributed by atoms with Crippen molar-refractivity contribution in [3.8, 4) is 5.75 Å². The van der Waals surface area contributed by atoms with Gasteiger partial charge in [0.05, 0.1) is 27.4 Å². The summed E-state index contributed by atoms with van der Waals surface area (Å²) in [5.74, 6) is -1.69. The fraction of sp³-hybridized carbons (Fsp3) is 0. The van der Waals surface area contributed by atoms with Crippen molar-refractivity contribution in [1.82, 2.24) is 4.98 Å². The number of halogens is 1. The van der Waals surface area contributed by atoms with E-state index in [2.05, 4.69) is 4.98 Å². The van der Waals surface area contributed by atoms with Crippen LogP contribution in [0, 0.1) is 0 Å². The largest absolute Gasteiger partial charge is 0.505 e. The summed E-state index contributed by atoms with van der Waals surface area (Å²) in [6, 6.07) is 6.28. The molecule has 1 heterocycles. The zero-order chi connectivity index (χ0) is 17.9. The van der Waals surface area contributed by atoms with E-state index >= 15 is 0 Å². The first-order chi connectivity index (χ1) is 11.9. The summed E-state index contributed by atoms with van der Waals surface area (Å²) in [7, 11) is 0. The zero-order valence-electron chi connectivity index (χ0n) is 12.3. The molecule has 0 fully saturated rings. The van der Waals surface area contributed by atoms with E-state index in [-0.39, 0.29) is 38.0 Å². The van der Waals surface area contributed by atoms with Crippen LogP contribution in [0.3, 0.4) is 0 Å². The Hall–Kier alpha value is -3.32. The van der Waals surface area contributed by atoms with Crippen LogP contribution in [0.2, 0.25) is 5.02 Å². The fourth-order valence-electron chi connectivity index (χ4n) is 2.79. The number of rotatable bonds is 1. The number of phenolic OH excluding ortho intramolecular Hbond substituents is 1. The molecule has 0 unspecified atom stereocenters. The molecular formula is C17H8ClNO6. The summed E-state index contributed by atoms with van der Waals surface area (Å²) in [5.41, 5.74) is -0.378. The van der Waals surface area contributed by atoms with E-state index in [9.17, 15) is 19.5 Å². The summed E-state index contributed by atoms with van der Waals surface area (Å²) in [4.78, 5) is 38.3.